The summed E-state index contributed by atoms with van der Waals surface area (Å²) < 4.78 is 0. The number of aromatic nitrogens is 2. The number of anilines is 1. The molecule has 5 heteroatoms. The van der Waals surface area contributed by atoms with Crippen molar-refractivity contribution in [3.8, 4) is 0 Å². The molecule has 0 spiro atoms. The predicted octanol–water partition coefficient (Wildman–Crippen LogP) is 0.517. The monoisotopic (exact) mass is 249 g/mol. The zero-order chi connectivity index (χ0) is 12.8. The van der Waals surface area contributed by atoms with E-state index in [0.717, 1.165) is 44.1 Å². The van der Waals surface area contributed by atoms with Gasteiger partial charge >= 0.3 is 0 Å². The molecule has 1 aromatic heterocycles. The quantitative estimate of drug-likeness (QED) is 0.824. The van der Waals surface area contributed by atoms with E-state index in [4.69, 9.17) is 0 Å². The van der Waals surface area contributed by atoms with Gasteiger partial charge in [0.2, 0.25) is 5.95 Å². The summed E-state index contributed by atoms with van der Waals surface area (Å²) in [5.74, 6) is 0.820. The van der Waals surface area contributed by atoms with Crippen molar-refractivity contribution in [3.05, 3.63) is 18.0 Å². The fraction of sp³-hybridized carbons (Fsp3) is 0.692. The third kappa shape index (κ3) is 3.92. The summed E-state index contributed by atoms with van der Waals surface area (Å²) in [6.45, 7) is 8.77. The van der Waals surface area contributed by atoms with Crippen LogP contribution < -0.4 is 10.2 Å². The van der Waals surface area contributed by atoms with Crippen LogP contribution in [0.5, 0.6) is 0 Å². The Morgan fingerprint density at radius 3 is 2.61 bits per heavy atom. The zero-order valence-electron chi connectivity index (χ0n) is 11.4. The van der Waals surface area contributed by atoms with Crippen LogP contribution in [0.1, 0.15) is 12.0 Å². The molecule has 2 heterocycles. The van der Waals surface area contributed by atoms with E-state index in [1.165, 1.54) is 13.1 Å². The standard InChI is InChI=1S/C13H23N5/c1-12-10-15-13(16-11-12)17(2)6-3-7-18-8-4-14-5-9-18/h10-11,14H,3-9H2,1-2H3. The van der Waals surface area contributed by atoms with Gasteiger partial charge in [-0.2, -0.15) is 0 Å². The second-order valence-corrected chi connectivity index (χ2v) is 4.93. The Morgan fingerprint density at radius 1 is 1.28 bits per heavy atom. The molecule has 5 nitrogen and oxygen atoms in total. The fourth-order valence-corrected chi connectivity index (χ4v) is 2.15. The molecule has 1 aliphatic heterocycles. The molecule has 0 unspecified atom stereocenters. The molecule has 100 valence electrons. The largest absolute Gasteiger partial charge is 0.344 e. The second-order valence-electron chi connectivity index (χ2n) is 4.93. The first-order chi connectivity index (χ1) is 8.75. The van der Waals surface area contributed by atoms with Gasteiger partial charge in [-0.05, 0) is 25.5 Å². The van der Waals surface area contributed by atoms with Gasteiger partial charge in [0.15, 0.2) is 0 Å². The van der Waals surface area contributed by atoms with Crippen LogP contribution in [0.3, 0.4) is 0 Å². The Bertz CT molecular complexity index is 345. The van der Waals surface area contributed by atoms with Gasteiger partial charge in [0.25, 0.3) is 0 Å². The summed E-state index contributed by atoms with van der Waals surface area (Å²) in [7, 11) is 2.06. The maximum Gasteiger partial charge on any atom is 0.224 e. The van der Waals surface area contributed by atoms with Crippen molar-refractivity contribution in [2.45, 2.75) is 13.3 Å². The maximum absolute atomic E-state index is 4.33. The molecule has 2 rings (SSSR count). The van der Waals surface area contributed by atoms with Crippen LogP contribution in [0.15, 0.2) is 12.4 Å². The maximum atomic E-state index is 4.33. The summed E-state index contributed by atoms with van der Waals surface area (Å²) in [5.41, 5.74) is 1.10. The summed E-state index contributed by atoms with van der Waals surface area (Å²) >= 11 is 0. The highest BCUT2D eigenvalue weighted by Gasteiger charge is 2.09. The molecule has 1 aliphatic rings. The fourth-order valence-electron chi connectivity index (χ4n) is 2.15. The smallest absolute Gasteiger partial charge is 0.224 e. The predicted molar refractivity (Wildman–Crippen MR) is 74.0 cm³/mol. The summed E-state index contributed by atoms with van der Waals surface area (Å²) in [5, 5.41) is 3.37. The van der Waals surface area contributed by atoms with Gasteiger partial charge in [-0.1, -0.05) is 0 Å². The topological polar surface area (TPSA) is 44.3 Å². The lowest BCUT2D eigenvalue weighted by molar-refractivity contribution is 0.239. The van der Waals surface area contributed by atoms with Crippen LogP contribution >= 0.6 is 0 Å². The molecule has 0 saturated carbocycles. The van der Waals surface area contributed by atoms with Crippen LogP contribution in [0.25, 0.3) is 0 Å². The lowest BCUT2D eigenvalue weighted by Gasteiger charge is -2.27. The third-order valence-corrected chi connectivity index (χ3v) is 3.29. The molecule has 1 N–H and O–H groups in total. The summed E-state index contributed by atoms with van der Waals surface area (Å²) in [4.78, 5) is 13.3. The van der Waals surface area contributed by atoms with Gasteiger partial charge < -0.3 is 15.1 Å². The first kappa shape index (κ1) is 13.2. The van der Waals surface area contributed by atoms with Crippen molar-refractivity contribution < 1.29 is 0 Å². The minimum Gasteiger partial charge on any atom is -0.344 e. The Morgan fingerprint density at radius 2 is 1.94 bits per heavy atom. The van der Waals surface area contributed by atoms with Crippen LogP contribution in [0.2, 0.25) is 0 Å². The highest BCUT2D eigenvalue weighted by molar-refractivity contribution is 5.27. The van der Waals surface area contributed by atoms with Crippen LogP contribution in [-0.4, -0.2) is 61.2 Å². The van der Waals surface area contributed by atoms with Gasteiger partial charge in [0.05, 0.1) is 0 Å². The van der Waals surface area contributed by atoms with Gasteiger partial charge in [-0.25, -0.2) is 9.97 Å². The lowest BCUT2D eigenvalue weighted by Crippen LogP contribution is -2.44. The molecule has 0 amide bonds. The number of hydrogen-bond donors (Lipinski definition) is 1. The first-order valence-corrected chi connectivity index (χ1v) is 6.68. The van der Waals surface area contributed by atoms with Crippen molar-refractivity contribution in [3.63, 3.8) is 0 Å². The third-order valence-electron chi connectivity index (χ3n) is 3.29. The Labute approximate surface area is 109 Å². The number of hydrogen-bond acceptors (Lipinski definition) is 5. The molecule has 0 atom stereocenters. The normalized spacial score (nSPS) is 16.8. The van der Waals surface area contributed by atoms with Gasteiger partial charge in [0.1, 0.15) is 0 Å². The average molecular weight is 249 g/mol. The Balaban J connectivity index is 1.70. The van der Waals surface area contributed by atoms with E-state index in [-0.39, 0.29) is 0 Å². The highest BCUT2D eigenvalue weighted by Crippen LogP contribution is 2.05. The van der Waals surface area contributed by atoms with E-state index in [9.17, 15) is 0 Å². The van der Waals surface area contributed by atoms with Crippen molar-refractivity contribution in [1.82, 2.24) is 20.2 Å². The molecular weight excluding hydrogens is 226 g/mol. The van der Waals surface area contributed by atoms with Gasteiger partial charge in [-0.15, -0.1) is 0 Å². The van der Waals surface area contributed by atoms with Gasteiger partial charge in [0, 0.05) is 52.2 Å². The Kier molecular flexibility index (Phi) is 4.90. The van der Waals surface area contributed by atoms with Crippen LogP contribution in [0.4, 0.5) is 5.95 Å². The van der Waals surface area contributed by atoms with E-state index in [2.05, 4.69) is 32.1 Å². The Hall–Kier alpha value is -1.20. The lowest BCUT2D eigenvalue weighted by atomic mass is 10.3. The van der Waals surface area contributed by atoms with Crippen LogP contribution in [0, 0.1) is 6.92 Å². The average Bonchev–Trinajstić information content (AvgIpc) is 2.40. The number of nitrogens with one attached hydrogen (secondary N) is 1. The zero-order valence-corrected chi connectivity index (χ0v) is 11.4. The van der Waals surface area contributed by atoms with E-state index in [1.54, 1.807) is 0 Å². The van der Waals surface area contributed by atoms with Crippen LogP contribution in [-0.2, 0) is 0 Å². The van der Waals surface area contributed by atoms with Gasteiger partial charge in [-0.3, -0.25) is 0 Å². The molecule has 18 heavy (non-hydrogen) atoms. The minimum absolute atomic E-state index is 0.820. The van der Waals surface area contributed by atoms with Crippen molar-refractivity contribution in [1.29, 1.82) is 0 Å². The molecule has 1 aromatic rings. The molecule has 0 bridgehead atoms. The van der Waals surface area contributed by atoms with E-state index >= 15 is 0 Å². The molecule has 0 aromatic carbocycles. The number of aryl methyl sites for hydroxylation is 1. The second kappa shape index (κ2) is 6.66. The van der Waals surface area contributed by atoms with E-state index in [1.807, 2.05) is 19.3 Å². The van der Waals surface area contributed by atoms with E-state index < -0.39 is 0 Å². The SMILES string of the molecule is Cc1cnc(N(C)CCCN2CCNCC2)nc1. The molecule has 0 radical (unpaired) electrons. The molecule has 0 aliphatic carbocycles. The summed E-state index contributed by atoms with van der Waals surface area (Å²) in [6, 6.07) is 0. The highest BCUT2D eigenvalue weighted by atomic mass is 15.2. The molecule has 1 saturated heterocycles. The molecule has 1 fully saturated rings. The minimum atomic E-state index is 0.820. The van der Waals surface area contributed by atoms with Crippen molar-refractivity contribution in [2.75, 3.05) is 51.2 Å². The number of nitrogens with zero attached hydrogens (tertiary/aromatic N) is 4. The van der Waals surface area contributed by atoms with Crippen molar-refractivity contribution in [2.24, 2.45) is 0 Å². The summed E-state index contributed by atoms with van der Waals surface area (Å²) in [6.07, 6.45) is 4.90. The number of piperazine rings is 1. The molecular formula is C13H23N5. The number of rotatable bonds is 5. The van der Waals surface area contributed by atoms with E-state index in [0.29, 0.717) is 0 Å². The first-order valence-electron chi connectivity index (χ1n) is 6.68. The van der Waals surface area contributed by atoms with Crippen molar-refractivity contribution >= 4 is 5.95 Å².